The second kappa shape index (κ2) is 9.17. The van der Waals surface area contributed by atoms with Crippen LogP contribution in [0, 0.1) is 10.1 Å². The van der Waals surface area contributed by atoms with Crippen LogP contribution >= 0.6 is 0 Å². The van der Waals surface area contributed by atoms with Crippen molar-refractivity contribution in [3.63, 3.8) is 0 Å². The first-order chi connectivity index (χ1) is 15.6. The highest BCUT2D eigenvalue weighted by molar-refractivity contribution is 5.67. The zero-order valence-electron chi connectivity index (χ0n) is 17.3. The summed E-state index contributed by atoms with van der Waals surface area (Å²) < 4.78 is 21.9. The van der Waals surface area contributed by atoms with Gasteiger partial charge in [-0.05, 0) is 29.8 Å². The summed E-state index contributed by atoms with van der Waals surface area (Å²) in [5.74, 6) is 2.47. The van der Waals surface area contributed by atoms with E-state index in [1.807, 2.05) is 12.1 Å². The Hall–Kier alpha value is -4.40. The van der Waals surface area contributed by atoms with Crippen LogP contribution in [0.3, 0.4) is 0 Å². The van der Waals surface area contributed by atoms with Crippen molar-refractivity contribution in [2.45, 2.75) is 6.61 Å². The highest BCUT2D eigenvalue weighted by atomic mass is 16.6. The van der Waals surface area contributed by atoms with Crippen molar-refractivity contribution in [3.05, 3.63) is 82.4 Å². The van der Waals surface area contributed by atoms with Gasteiger partial charge in [-0.25, -0.2) is 0 Å². The van der Waals surface area contributed by atoms with Gasteiger partial charge in [-0.3, -0.25) is 10.1 Å². The molecular formula is C23H19N3O6. The van der Waals surface area contributed by atoms with Crippen molar-refractivity contribution < 1.29 is 23.7 Å². The lowest BCUT2D eigenvalue weighted by molar-refractivity contribution is -0.384. The number of nitro groups is 1. The van der Waals surface area contributed by atoms with Gasteiger partial charge in [0.25, 0.3) is 11.6 Å². The zero-order chi connectivity index (χ0) is 22.5. The molecule has 0 aliphatic carbocycles. The fourth-order valence-corrected chi connectivity index (χ4v) is 3.08. The fraction of sp³-hybridized carbons (Fsp3) is 0.130. The molecule has 3 aromatic carbocycles. The molecule has 0 unspecified atom stereocenters. The van der Waals surface area contributed by atoms with E-state index in [4.69, 9.17) is 18.7 Å². The molecule has 4 rings (SSSR count). The van der Waals surface area contributed by atoms with Gasteiger partial charge in [-0.15, -0.1) is 0 Å². The molecule has 1 heterocycles. The smallest absolute Gasteiger partial charge is 0.269 e. The maximum absolute atomic E-state index is 10.9. The number of nitrogens with zero attached hydrogens (tertiary/aromatic N) is 3. The molecule has 0 saturated carbocycles. The molecule has 1 aromatic heterocycles. The molecule has 32 heavy (non-hydrogen) atoms. The third-order valence-corrected chi connectivity index (χ3v) is 4.68. The number of rotatable bonds is 8. The lowest BCUT2D eigenvalue weighted by Gasteiger charge is -2.07. The molecule has 0 aliphatic rings. The number of hydrogen-bond donors (Lipinski definition) is 0. The van der Waals surface area contributed by atoms with Crippen LogP contribution in [-0.2, 0) is 6.61 Å². The van der Waals surface area contributed by atoms with Crippen molar-refractivity contribution in [1.29, 1.82) is 0 Å². The van der Waals surface area contributed by atoms with Gasteiger partial charge in [0.05, 0.1) is 24.7 Å². The quantitative estimate of drug-likeness (QED) is 0.285. The summed E-state index contributed by atoms with van der Waals surface area (Å²) in [6.07, 6.45) is 0. The van der Waals surface area contributed by atoms with Gasteiger partial charge in [0.15, 0.2) is 0 Å². The van der Waals surface area contributed by atoms with Crippen LogP contribution in [0.4, 0.5) is 5.69 Å². The predicted molar refractivity (Wildman–Crippen MR) is 116 cm³/mol. The number of non-ortho nitro benzene ring substituents is 1. The molecule has 0 aliphatic heterocycles. The summed E-state index contributed by atoms with van der Waals surface area (Å²) in [6, 6.07) is 18.8. The minimum Gasteiger partial charge on any atom is -0.497 e. The Kier molecular flexibility index (Phi) is 5.98. The lowest BCUT2D eigenvalue weighted by Crippen LogP contribution is -1.97. The number of hydrogen-bond acceptors (Lipinski definition) is 8. The van der Waals surface area contributed by atoms with Crippen LogP contribution in [0.2, 0.25) is 0 Å². The average molecular weight is 433 g/mol. The molecule has 9 nitrogen and oxygen atoms in total. The Balaban J connectivity index is 1.53. The second-order valence-corrected chi connectivity index (χ2v) is 6.73. The molecule has 0 bridgehead atoms. The summed E-state index contributed by atoms with van der Waals surface area (Å²) in [6.45, 7) is 0.186. The first-order valence-electron chi connectivity index (χ1n) is 9.60. The molecule has 0 radical (unpaired) electrons. The third-order valence-electron chi connectivity index (χ3n) is 4.68. The summed E-state index contributed by atoms with van der Waals surface area (Å²) >= 11 is 0. The molecule has 9 heteroatoms. The molecule has 162 valence electrons. The molecule has 0 fully saturated rings. The maximum atomic E-state index is 10.9. The van der Waals surface area contributed by atoms with Crippen LogP contribution in [0.5, 0.6) is 17.2 Å². The second-order valence-electron chi connectivity index (χ2n) is 6.73. The fourth-order valence-electron chi connectivity index (χ4n) is 3.08. The normalized spacial score (nSPS) is 10.6. The van der Waals surface area contributed by atoms with Gasteiger partial charge >= 0.3 is 0 Å². The van der Waals surface area contributed by atoms with E-state index in [1.54, 1.807) is 56.7 Å². The van der Waals surface area contributed by atoms with Gasteiger partial charge in [-0.2, -0.15) is 4.98 Å². The molecular weight excluding hydrogens is 414 g/mol. The number of methoxy groups -OCH3 is 2. The van der Waals surface area contributed by atoms with Crippen molar-refractivity contribution in [2.24, 2.45) is 0 Å². The van der Waals surface area contributed by atoms with Crippen LogP contribution in [0.15, 0.2) is 71.3 Å². The minimum atomic E-state index is -0.435. The lowest BCUT2D eigenvalue weighted by atomic mass is 10.1. The van der Waals surface area contributed by atoms with Gasteiger partial charge in [-0.1, -0.05) is 29.4 Å². The number of ether oxygens (including phenoxy) is 3. The predicted octanol–water partition coefficient (Wildman–Crippen LogP) is 4.91. The molecule has 0 amide bonds. The summed E-state index contributed by atoms with van der Waals surface area (Å²) in [5, 5.41) is 15.0. The highest BCUT2D eigenvalue weighted by Crippen LogP contribution is 2.33. The number of benzene rings is 3. The Morgan fingerprint density at radius 3 is 2.59 bits per heavy atom. The Labute approximate surface area is 183 Å². The van der Waals surface area contributed by atoms with E-state index < -0.39 is 4.92 Å². The van der Waals surface area contributed by atoms with Gasteiger partial charge in [0, 0.05) is 23.8 Å². The molecule has 0 N–H and O–H groups in total. The first-order valence-corrected chi connectivity index (χ1v) is 9.60. The molecule has 0 saturated heterocycles. The van der Waals surface area contributed by atoms with E-state index in [0.717, 1.165) is 0 Å². The largest absolute Gasteiger partial charge is 0.497 e. The summed E-state index contributed by atoms with van der Waals surface area (Å²) in [5.41, 5.74) is 2.06. The summed E-state index contributed by atoms with van der Waals surface area (Å²) in [7, 11) is 3.13. The topological polar surface area (TPSA) is 110 Å². The summed E-state index contributed by atoms with van der Waals surface area (Å²) in [4.78, 5) is 15.0. The van der Waals surface area contributed by atoms with Crippen LogP contribution in [-0.4, -0.2) is 29.3 Å². The van der Waals surface area contributed by atoms with Crippen LogP contribution in [0.1, 0.15) is 5.56 Å². The van der Waals surface area contributed by atoms with Gasteiger partial charge in [0.1, 0.15) is 23.9 Å². The van der Waals surface area contributed by atoms with E-state index in [2.05, 4.69) is 10.1 Å². The minimum absolute atomic E-state index is 0.0214. The Morgan fingerprint density at radius 2 is 1.81 bits per heavy atom. The third kappa shape index (κ3) is 4.51. The number of nitro benzene ring substituents is 1. The molecule has 0 atom stereocenters. The van der Waals surface area contributed by atoms with Crippen molar-refractivity contribution >= 4 is 5.69 Å². The van der Waals surface area contributed by atoms with Crippen molar-refractivity contribution in [3.8, 4) is 40.1 Å². The first kappa shape index (κ1) is 20.9. The molecule has 0 spiro atoms. The SMILES string of the molecule is COc1ccc(-c2nc(-c3cccc(OCc4cccc([N+](=O)[O-])c4)c3)no2)c(OC)c1. The van der Waals surface area contributed by atoms with E-state index in [9.17, 15) is 10.1 Å². The van der Waals surface area contributed by atoms with E-state index in [0.29, 0.717) is 45.7 Å². The number of aromatic nitrogens is 2. The van der Waals surface area contributed by atoms with Crippen LogP contribution in [0.25, 0.3) is 22.8 Å². The highest BCUT2D eigenvalue weighted by Gasteiger charge is 2.16. The standard InChI is InChI=1S/C23H19N3O6/c1-29-18-9-10-20(21(13-18)30-2)23-24-22(25-32-23)16-6-4-8-19(12-16)31-14-15-5-3-7-17(11-15)26(27)28/h3-13H,14H2,1-2H3. The zero-order valence-corrected chi connectivity index (χ0v) is 17.3. The maximum Gasteiger partial charge on any atom is 0.269 e. The van der Waals surface area contributed by atoms with Gasteiger partial charge < -0.3 is 18.7 Å². The monoisotopic (exact) mass is 433 g/mol. The average Bonchev–Trinajstić information content (AvgIpc) is 3.33. The Bertz CT molecular complexity index is 1250. The Morgan fingerprint density at radius 1 is 0.969 bits per heavy atom. The van der Waals surface area contributed by atoms with Gasteiger partial charge in [0.2, 0.25) is 5.82 Å². The van der Waals surface area contributed by atoms with E-state index >= 15 is 0 Å². The van der Waals surface area contributed by atoms with Crippen molar-refractivity contribution in [2.75, 3.05) is 14.2 Å². The molecule has 4 aromatic rings. The van der Waals surface area contributed by atoms with E-state index in [-0.39, 0.29) is 12.3 Å². The van der Waals surface area contributed by atoms with Crippen LogP contribution < -0.4 is 14.2 Å². The van der Waals surface area contributed by atoms with Crippen molar-refractivity contribution in [1.82, 2.24) is 10.1 Å². The van der Waals surface area contributed by atoms with E-state index in [1.165, 1.54) is 12.1 Å².